The van der Waals surface area contributed by atoms with Crippen molar-refractivity contribution in [3.63, 3.8) is 0 Å². The van der Waals surface area contributed by atoms with Crippen LogP contribution in [-0.2, 0) is 4.79 Å². The first-order valence-electron chi connectivity index (χ1n) is 2.58. The highest BCUT2D eigenvalue weighted by atomic mass is 79.9. The fourth-order valence-electron chi connectivity index (χ4n) is 0.544. The van der Waals surface area contributed by atoms with E-state index < -0.39 is 6.17 Å². The summed E-state index contributed by atoms with van der Waals surface area (Å²) in [7, 11) is 0. The van der Waals surface area contributed by atoms with E-state index in [0.29, 0.717) is 4.67 Å². The first kappa shape index (κ1) is 7.47. The molecular formula is C6H4BrFO2. The second-order valence-electron chi connectivity index (χ2n) is 1.68. The fourth-order valence-corrected chi connectivity index (χ4v) is 0.863. The quantitative estimate of drug-likeness (QED) is 0.696. The van der Waals surface area contributed by atoms with Gasteiger partial charge in [-0.2, -0.15) is 0 Å². The first-order chi connectivity index (χ1) is 4.74. The van der Waals surface area contributed by atoms with E-state index in [1.165, 1.54) is 12.1 Å². The predicted molar refractivity (Wildman–Crippen MR) is 36.3 cm³/mol. The van der Waals surface area contributed by atoms with Crippen molar-refractivity contribution in [1.82, 2.24) is 0 Å². The Kier molecular flexibility index (Phi) is 2.21. The monoisotopic (exact) mass is 206 g/mol. The summed E-state index contributed by atoms with van der Waals surface area (Å²) >= 11 is 2.98. The van der Waals surface area contributed by atoms with Gasteiger partial charge in [-0.1, -0.05) is 0 Å². The molecule has 0 amide bonds. The molecule has 0 aliphatic rings. The van der Waals surface area contributed by atoms with Crippen LogP contribution in [0.1, 0.15) is 11.9 Å². The van der Waals surface area contributed by atoms with Crippen LogP contribution >= 0.6 is 15.9 Å². The minimum atomic E-state index is -1.65. The van der Waals surface area contributed by atoms with Crippen LogP contribution in [0.25, 0.3) is 0 Å². The maximum Gasteiger partial charge on any atom is 0.212 e. The molecule has 1 unspecified atom stereocenters. The van der Waals surface area contributed by atoms with E-state index in [2.05, 4.69) is 15.9 Å². The van der Waals surface area contributed by atoms with Crippen molar-refractivity contribution < 1.29 is 13.6 Å². The maximum atomic E-state index is 12.4. The van der Waals surface area contributed by atoms with Crippen molar-refractivity contribution in [1.29, 1.82) is 0 Å². The molecule has 0 saturated carbocycles. The normalized spacial score (nSPS) is 13.0. The lowest BCUT2D eigenvalue weighted by atomic mass is 10.3. The number of aldehydes is 1. The number of hydrogen-bond acceptors (Lipinski definition) is 2. The average molecular weight is 207 g/mol. The number of hydrogen-bond donors (Lipinski definition) is 0. The molecule has 0 bridgehead atoms. The molecule has 0 aliphatic heterocycles. The van der Waals surface area contributed by atoms with Crippen LogP contribution in [-0.4, -0.2) is 6.29 Å². The highest BCUT2D eigenvalue weighted by Crippen LogP contribution is 2.21. The zero-order valence-electron chi connectivity index (χ0n) is 4.88. The van der Waals surface area contributed by atoms with Gasteiger partial charge in [0.1, 0.15) is 5.76 Å². The lowest BCUT2D eigenvalue weighted by molar-refractivity contribution is -0.112. The Hall–Kier alpha value is -0.640. The van der Waals surface area contributed by atoms with E-state index in [1.807, 2.05) is 0 Å². The Morgan fingerprint density at radius 1 is 1.70 bits per heavy atom. The molecule has 0 spiro atoms. The van der Waals surface area contributed by atoms with Crippen molar-refractivity contribution in [3.05, 3.63) is 22.6 Å². The molecule has 1 aromatic heterocycles. The number of alkyl halides is 1. The highest BCUT2D eigenvalue weighted by Gasteiger charge is 2.11. The van der Waals surface area contributed by atoms with Crippen LogP contribution in [0.5, 0.6) is 0 Å². The van der Waals surface area contributed by atoms with Crippen LogP contribution in [0.2, 0.25) is 0 Å². The van der Waals surface area contributed by atoms with Gasteiger partial charge >= 0.3 is 0 Å². The van der Waals surface area contributed by atoms with E-state index in [0.717, 1.165) is 0 Å². The number of carbonyl (C=O) groups excluding carboxylic acids is 1. The molecule has 1 rings (SSSR count). The minimum Gasteiger partial charge on any atom is -0.451 e. The zero-order valence-corrected chi connectivity index (χ0v) is 6.47. The van der Waals surface area contributed by atoms with Gasteiger partial charge in [0.05, 0.1) is 0 Å². The first-order valence-corrected chi connectivity index (χ1v) is 3.38. The van der Waals surface area contributed by atoms with Crippen LogP contribution in [0.3, 0.4) is 0 Å². The molecule has 0 aliphatic carbocycles. The van der Waals surface area contributed by atoms with Gasteiger partial charge in [-0.3, -0.25) is 4.79 Å². The second kappa shape index (κ2) is 2.96. The van der Waals surface area contributed by atoms with Gasteiger partial charge in [-0.05, 0) is 28.1 Å². The summed E-state index contributed by atoms with van der Waals surface area (Å²) in [6.07, 6.45) is -1.46. The molecule has 4 heteroatoms. The molecule has 10 heavy (non-hydrogen) atoms. The van der Waals surface area contributed by atoms with Crippen LogP contribution < -0.4 is 0 Å². The van der Waals surface area contributed by atoms with Gasteiger partial charge < -0.3 is 4.42 Å². The summed E-state index contributed by atoms with van der Waals surface area (Å²) in [5, 5.41) is 0. The van der Waals surface area contributed by atoms with Crippen LogP contribution in [0.15, 0.2) is 21.2 Å². The number of furan rings is 1. The Bertz CT molecular complexity index is 233. The lowest BCUT2D eigenvalue weighted by Gasteiger charge is -1.91. The number of halogens is 2. The van der Waals surface area contributed by atoms with Gasteiger partial charge in [-0.15, -0.1) is 0 Å². The Morgan fingerprint density at radius 3 is 2.80 bits per heavy atom. The van der Waals surface area contributed by atoms with Gasteiger partial charge in [0.2, 0.25) is 6.17 Å². The molecule has 0 fully saturated rings. The van der Waals surface area contributed by atoms with Crippen molar-refractivity contribution in [2.75, 3.05) is 0 Å². The van der Waals surface area contributed by atoms with Gasteiger partial charge in [0, 0.05) is 0 Å². The summed E-state index contributed by atoms with van der Waals surface area (Å²) in [4.78, 5) is 9.86. The second-order valence-corrected chi connectivity index (χ2v) is 2.46. The summed E-state index contributed by atoms with van der Waals surface area (Å²) in [6.45, 7) is 0. The molecular weight excluding hydrogens is 203 g/mol. The van der Waals surface area contributed by atoms with E-state index in [-0.39, 0.29) is 12.0 Å². The molecule has 1 aromatic rings. The van der Waals surface area contributed by atoms with E-state index in [1.54, 1.807) is 0 Å². The lowest BCUT2D eigenvalue weighted by Crippen LogP contribution is -1.87. The Balaban J connectivity index is 2.84. The van der Waals surface area contributed by atoms with Gasteiger partial charge in [-0.25, -0.2) is 4.39 Å². The molecule has 0 N–H and O–H groups in total. The molecule has 0 radical (unpaired) electrons. The summed E-state index contributed by atoms with van der Waals surface area (Å²) < 4.78 is 17.6. The zero-order chi connectivity index (χ0) is 7.56. The molecule has 0 aromatic carbocycles. The number of rotatable bonds is 2. The van der Waals surface area contributed by atoms with Crippen molar-refractivity contribution >= 4 is 22.2 Å². The smallest absolute Gasteiger partial charge is 0.212 e. The summed E-state index contributed by atoms with van der Waals surface area (Å²) in [6, 6.07) is 2.94. The predicted octanol–water partition coefficient (Wildman–Crippen LogP) is 2.25. The van der Waals surface area contributed by atoms with E-state index >= 15 is 0 Å². The van der Waals surface area contributed by atoms with E-state index in [4.69, 9.17) is 4.42 Å². The van der Waals surface area contributed by atoms with Gasteiger partial charge in [0.15, 0.2) is 11.0 Å². The third-order valence-corrected chi connectivity index (χ3v) is 1.41. The van der Waals surface area contributed by atoms with Crippen molar-refractivity contribution in [2.45, 2.75) is 6.17 Å². The molecule has 1 atom stereocenters. The van der Waals surface area contributed by atoms with Crippen LogP contribution in [0, 0.1) is 0 Å². The van der Waals surface area contributed by atoms with Crippen LogP contribution in [0.4, 0.5) is 4.39 Å². The Morgan fingerprint density at radius 2 is 2.40 bits per heavy atom. The molecule has 1 heterocycles. The molecule has 2 nitrogen and oxygen atoms in total. The number of carbonyl (C=O) groups is 1. The highest BCUT2D eigenvalue weighted by molar-refractivity contribution is 9.10. The average Bonchev–Trinajstić information content (AvgIpc) is 2.34. The molecule has 0 saturated heterocycles. The topological polar surface area (TPSA) is 30.2 Å². The largest absolute Gasteiger partial charge is 0.451 e. The Labute approximate surface area is 65.2 Å². The van der Waals surface area contributed by atoms with Crippen molar-refractivity contribution in [3.8, 4) is 0 Å². The summed E-state index contributed by atoms with van der Waals surface area (Å²) in [5.74, 6) is 0.0295. The standard InChI is InChI=1S/C6H4BrFO2/c7-6-2-1-5(10-6)4(8)3-9/h1-4H. The maximum absolute atomic E-state index is 12.4. The summed E-state index contributed by atoms with van der Waals surface area (Å²) in [5.41, 5.74) is 0. The fraction of sp³-hybridized carbons (Fsp3) is 0.167. The SMILES string of the molecule is O=CC(F)c1ccc(Br)o1. The minimum absolute atomic E-state index is 0.0295. The van der Waals surface area contributed by atoms with E-state index in [9.17, 15) is 9.18 Å². The third kappa shape index (κ3) is 1.44. The van der Waals surface area contributed by atoms with Gasteiger partial charge in [0.25, 0.3) is 0 Å². The molecule has 54 valence electrons. The third-order valence-electron chi connectivity index (χ3n) is 0.985. The van der Waals surface area contributed by atoms with Crippen molar-refractivity contribution in [2.24, 2.45) is 0 Å².